The first-order chi connectivity index (χ1) is 10.4. The van der Waals surface area contributed by atoms with Crippen LogP contribution in [0.25, 0.3) is 0 Å². The molecule has 1 saturated carbocycles. The van der Waals surface area contributed by atoms with Crippen LogP contribution in [0.3, 0.4) is 0 Å². The molecule has 2 saturated heterocycles. The first kappa shape index (κ1) is 15.8. The van der Waals surface area contributed by atoms with Crippen LogP contribution in [0, 0.1) is 5.92 Å². The molecule has 0 radical (unpaired) electrons. The predicted octanol–water partition coefficient (Wildman–Crippen LogP) is 2.71. The summed E-state index contributed by atoms with van der Waals surface area (Å²) in [6.45, 7) is 10.2. The van der Waals surface area contributed by atoms with Crippen LogP contribution in [0.4, 0.5) is 0 Å². The first-order valence-electron chi connectivity index (χ1n) is 9.56. The monoisotopic (exact) mass is 293 g/mol. The minimum Gasteiger partial charge on any atom is -0.314 e. The van der Waals surface area contributed by atoms with Gasteiger partial charge in [-0.15, -0.1) is 0 Å². The molecule has 1 N–H and O–H groups in total. The Morgan fingerprint density at radius 1 is 0.952 bits per heavy atom. The second-order valence-corrected chi connectivity index (χ2v) is 7.55. The van der Waals surface area contributed by atoms with Crippen molar-refractivity contribution in [1.29, 1.82) is 0 Å². The molecule has 0 aromatic rings. The molecule has 1 aliphatic carbocycles. The summed E-state index contributed by atoms with van der Waals surface area (Å²) >= 11 is 0. The van der Waals surface area contributed by atoms with Gasteiger partial charge in [-0.1, -0.05) is 26.2 Å². The molecule has 0 bridgehead atoms. The summed E-state index contributed by atoms with van der Waals surface area (Å²) in [5, 5.41) is 3.83. The lowest BCUT2D eigenvalue weighted by Gasteiger charge is -2.46. The smallest absolute Gasteiger partial charge is 0.0223 e. The maximum atomic E-state index is 3.83. The lowest BCUT2D eigenvalue weighted by atomic mass is 9.83. The molecular weight excluding hydrogens is 258 g/mol. The normalized spacial score (nSPS) is 35.6. The molecule has 0 aromatic heterocycles. The number of fused-ring (bicyclic) bond motifs is 1. The summed E-state index contributed by atoms with van der Waals surface area (Å²) in [6, 6.07) is 1.67. The van der Waals surface area contributed by atoms with Gasteiger partial charge in [0.15, 0.2) is 0 Å². The van der Waals surface area contributed by atoms with E-state index in [0.29, 0.717) is 0 Å². The molecule has 3 aliphatic rings. The van der Waals surface area contributed by atoms with Gasteiger partial charge in [0.1, 0.15) is 0 Å². The van der Waals surface area contributed by atoms with Crippen LogP contribution in [-0.4, -0.2) is 61.2 Å². The quantitative estimate of drug-likeness (QED) is 0.841. The highest BCUT2D eigenvalue weighted by Crippen LogP contribution is 2.27. The van der Waals surface area contributed by atoms with E-state index in [1.807, 2.05) is 0 Å². The van der Waals surface area contributed by atoms with E-state index in [2.05, 4.69) is 22.0 Å². The molecule has 3 nitrogen and oxygen atoms in total. The molecule has 0 aromatic carbocycles. The van der Waals surface area contributed by atoms with Gasteiger partial charge >= 0.3 is 0 Å². The van der Waals surface area contributed by atoms with Crippen LogP contribution in [0.5, 0.6) is 0 Å². The zero-order valence-corrected chi connectivity index (χ0v) is 14.0. The largest absolute Gasteiger partial charge is 0.314 e. The summed E-state index contributed by atoms with van der Waals surface area (Å²) in [5.41, 5.74) is 0. The fourth-order valence-electron chi connectivity index (χ4n) is 4.74. The van der Waals surface area contributed by atoms with E-state index in [-0.39, 0.29) is 0 Å². The molecule has 2 heterocycles. The van der Waals surface area contributed by atoms with Crippen LogP contribution in [0.15, 0.2) is 0 Å². The molecule has 2 aliphatic heterocycles. The number of hydrogen-bond acceptors (Lipinski definition) is 3. The van der Waals surface area contributed by atoms with Crippen LogP contribution in [0.2, 0.25) is 0 Å². The zero-order chi connectivity index (χ0) is 14.5. The number of piperazine rings is 1. The number of nitrogens with one attached hydrogen (secondary N) is 1. The average molecular weight is 293 g/mol. The van der Waals surface area contributed by atoms with E-state index >= 15 is 0 Å². The third-order valence-corrected chi connectivity index (χ3v) is 5.98. The fourth-order valence-corrected chi connectivity index (χ4v) is 4.74. The molecule has 3 rings (SSSR count). The Bertz CT molecular complexity index is 307. The van der Waals surface area contributed by atoms with Gasteiger partial charge in [0.05, 0.1) is 0 Å². The summed E-state index contributed by atoms with van der Waals surface area (Å²) in [4.78, 5) is 5.55. The van der Waals surface area contributed by atoms with Gasteiger partial charge < -0.3 is 10.2 Å². The van der Waals surface area contributed by atoms with Crippen molar-refractivity contribution in [2.45, 2.75) is 70.4 Å². The standard InChI is InChI=1S/C18H35N3/c1-2-10-19-18-9-4-3-7-16(18)14-20-12-13-21-11-6-5-8-17(21)15-20/h16-19H,2-15H2,1H3. The fraction of sp³-hybridized carbons (Fsp3) is 1.00. The van der Waals surface area contributed by atoms with Gasteiger partial charge in [-0.3, -0.25) is 4.90 Å². The van der Waals surface area contributed by atoms with Crippen molar-refractivity contribution in [1.82, 2.24) is 15.1 Å². The van der Waals surface area contributed by atoms with Crippen LogP contribution < -0.4 is 5.32 Å². The van der Waals surface area contributed by atoms with Gasteiger partial charge in [-0.25, -0.2) is 0 Å². The Balaban J connectivity index is 1.49. The number of nitrogens with zero attached hydrogens (tertiary/aromatic N) is 2. The van der Waals surface area contributed by atoms with Crippen molar-refractivity contribution in [3.8, 4) is 0 Å². The predicted molar refractivity (Wildman–Crippen MR) is 89.7 cm³/mol. The topological polar surface area (TPSA) is 18.5 Å². The molecule has 3 unspecified atom stereocenters. The lowest BCUT2D eigenvalue weighted by Crippen LogP contribution is -2.56. The first-order valence-corrected chi connectivity index (χ1v) is 9.56. The highest BCUT2D eigenvalue weighted by molar-refractivity contribution is 4.89. The second-order valence-electron chi connectivity index (χ2n) is 7.55. The van der Waals surface area contributed by atoms with Gasteiger partial charge in [0, 0.05) is 38.3 Å². The second kappa shape index (κ2) is 7.94. The highest BCUT2D eigenvalue weighted by atomic mass is 15.3. The number of rotatable bonds is 5. The van der Waals surface area contributed by atoms with E-state index in [1.165, 1.54) is 90.6 Å². The Hall–Kier alpha value is -0.120. The Labute approximate surface area is 131 Å². The van der Waals surface area contributed by atoms with Crippen LogP contribution in [-0.2, 0) is 0 Å². The molecule has 3 fully saturated rings. The minimum atomic E-state index is 0.795. The van der Waals surface area contributed by atoms with E-state index in [4.69, 9.17) is 0 Å². The van der Waals surface area contributed by atoms with Crippen molar-refractivity contribution in [2.24, 2.45) is 5.92 Å². The summed E-state index contributed by atoms with van der Waals surface area (Å²) in [7, 11) is 0. The van der Waals surface area contributed by atoms with Crippen molar-refractivity contribution in [3.63, 3.8) is 0 Å². The SMILES string of the molecule is CCCNC1CCCCC1CN1CCN2CCCCC2C1. The van der Waals surface area contributed by atoms with E-state index < -0.39 is 0 Å². The van der Waals surface area contributed by atoms with Gasteiger partial charge in [-0.2, -0.15) is 0 Å². The third kappa shape index (κ3) is 4.20. The summed E-state index contributed by atoms with van der Waals surface area (Å²) in [6.07, 6.45) is 11.4. The molecule has 0 spiro atoms. The van der Waals surface area contributed by atoms with Crippen molar-refractivity contribution < 1.29 is 0 Å². The van der Waals surface area contributed by atoms with Gasteiger partial charge in [-0.05, 0) is 51.1 Å². The molecular formula is C18H35N3. The van der Waals surface area contributed by atoms with Crippen molar-refractivity contribution >= 4 is 0 Å². The molecule has 0 amide bonds. The Kier molecular flexibility index (Phi) is 5.96. The Morgan fingerprint density at radius 3 is 2.71 bits per heavy atom. The summed E-state index contributed by atoms with van der Waals surface area (Å²) < 4.78 is 0. The van der Waals surface area contributed by atoms with Crippen molar-refractivity contribution in [2.75, 3.05) is 39.3 Å². The number of hydrogen-bond donors (Lipinski definition) is 1. The van der Waals surface area contributed by atoms with Crippen molar-refractivity contribution in [3.05, 3.63) is 0 Å². The van der Waals surface area contributed by atoms with Gasteiger partial charge in [0.2, 0.25) is 0 Å². The highest BCUT2D eigenvalue weighted by Gasteiger charge is 2.32. The van der Waals surface area contributed by atoms with E-state index in [9.17, 15) is 0 Å². The average Bonchev–Trinajstić information content (AvgIpc) is 2.54. The van der Waals surface area contributed by atoms with Crippen LogP contribution in [0.1, 0.15) is 58.3 Å². The van der Waals surface area contributed by atoms with E-state index in [1.54, 1.807) is 0 Å². The van der Waals surface area contributed by atoms with Crippen LogP contribution >= 0.6 is 0 Å². The minimum absolute atomic E-state index is 0.795. The third-order valence-electron chi connectivity index (χ3n) is 5.98. The summed E-state index contributed by atoms with van der Waals surface area (Å²) in [5.74, 6) is 0.903. The number of piperidine rings is 1. The molecule has 3 atom stereocenters. The van der Waals surface area contributed by atoms with E-state index in [0.717, 1.165) is 18.0 Å². The lowest BCUT2D eigenvalue weighted by molar-refractivity contribution is 0.0347. The molecule has 3 heteroatoms. The molecule has 122 valence electrons. The van der Waals surface area contributed by atoms with Gasteiger partial charge in [0.25, 0.3) is 0 Å². The Morgan fingerprint density at radius 2 is 1.81 bits per heavy atom. The maximum Gasteiger partial charge on any atom is 0.0223 e. The molecule has 21 heavy (non-hydrogen) atoms. The zero-order valence-electron chi connectivity index (χ0n) is 14.0. The maximum absolute atomic E-state index is 3.83.